The van der Waals surface area contributed by atoms with Crippen LogP contribution >= 0.6 is 0 Å². The number of nitrogens with zero attached hydrogens (tertiary/aromatic N) is 2. The van der Waals surface area contributed by atoms with Crippen LogP contribution in [0, 0.1) is 20.8 Å². The Hall–Kier alpha value is -6.60. The Morgan fingerprint density at radius 2 is 0.860 bits per heavy atom. The van der Waals surface area contributed by atoms with Gasteiger partial charge in [0.25, 0.3) is 23.6 Å². The Kier molecular flexibility index (Phi) is 7.08. The van der Waals surface area contributed by atoms with Crippen molar-refractivity contribution in [1.29, 1.82) is 0 Å². The molecule has 2 aliphatic heterocycles. The third-order valence-electron chi connectivity index (χ3n) is 9.41. The van der Waals surface area contributed by atoms with E-state index in [1.165, 1.54) is 4.90 Å². The minimum atomic E-state index is -0.453. The molecule has 7 heteroatoms. The number of nitrogen functional groups attached to an aromatic ring is 1. The fourth-order valence-electron chi connectivity index (χ4n) is 6.94. The number of aryl methyl sites for hydroxylation is 3. The summed E-state index contributed by atoms with van der Waals surface area (Å²) in [7, 11) is 0. The predicted molar refractivity (Wildman–Crippen MR) is 197 cm³/mol. The lowest BCUT2D eigenvalue weighted by Gasteiger charge is -2.22. The largest absolute Gasteiger partial charge is 0.399 e. The van der Waals surface area contributed by atoms with Crippen molar-refractivity contribution in [2.75, 3.05) is 15.5 Å². The van der Waals surface area contributed by atoms with Gasteiger partial charge >= 0.3 is 0 Å². The van der Waals surface area contributed by atoms with Gasteiger partial charge in [-0.2, -0.15) is 0 Å². The number of amides is 4. The number of imide groups is 2. The van der Waals surface area contributed by atoms with E-state index in [9.17, 15) is 19.2 Å². The van der Waals surface area contributed by atoms with Gasteiger partial charge in [-0.1, -0.05) is 83.4 Å². The molecule has 0 aliphatic carbocycles. The first kappa shape index (κ1) is 30.7. The van der Waals surface area contributed by atoms with Gasteiger partial charge in [0, 0.05) is 11.3 Å². The van der Waals surface area contributed by atoms with Crippen molar-refractivity contribution in [2.24, 2.45) is 0 Å². The molecule has 8 rings (SSSR count). The maximum atomic E-state index is 14.1. The second-order valence-corrected chi connectivity index (χ2v) is 13.0. The first-order valence-electron chi connectivity index (χ1n) is 16.3. The number of anilines is 3. The van der Waals surface area contributed by atoms with Crippen LogP contribution in [0.25, 0.3) is 33.4 Å². The van der Waals surface area contributed by atoms with Crippen molar-refractivity contribution < 1.29 is 19.2 Å². The lowest BCUT2D eigenvalue weighted by atomic mass is 9.97. The number of nitrogens with two attached hydrogens (primary N) is 1. The number of carbonyl (C=O) groups is 4. The average Bonchev–Trinajstić information content (AvgIpc) is 3.51. The minimum absolute atomic E-state index is 0.297. The quantitative estimate of drug-likeness (QED) is 0.148. The van der Waals surface area contributed by atoms with Crippen molar-refractivity contribution in [3.63, 3.8) is 0 Å². The fourth-order valence-corrected chi connectivity index (χ4v) is 6.94. The van der Waals surface area contributed by atoms with Crippen LogP contribution in [-0.2, 0) is 0 Å². The molecule has 0 unspecified atom stereocenters. The van der Waals surface area contributed by atoms with E-state index in [-0.39, 0.29) is 0 Å². The molecule has 0 aromatic heterocycles. The smallest absolute Gasteiger partial charge is 0.266 e. The van der Waals surface area contributed by atoms with Gasteiger partial charge in [-0.15, -0.1) is 0 Å². The predicted octanol–water partition coefficient (Wildman–Crippen LogP) is 8.80. The van der Waals surface area contributed by atoms with Gasteiger partial charge in [0.2, 0.25) is 0 Å². The number of fused-ring (bicyclic) bond motifs is 2. The highest BCUT2D eigenvalue weighted by Crippen LogP contribution is 2.41. The van der Waals surface area contributed by atoms with Crippen molar-refractivity contribution in [3.8, 4) is 33.4 Å². The van der Waals surface area contributed by atoms with Gasteiger partial charge in [-0.05, 0) is 103 Å². The summed E-state index contributed by atoms with van der Waals surface area (Å²) < 4.78 is 0. The molecular weight excluding hydrogens is 622 g/mol. The van der Waals surface area contributed by atoms with E-state index >= 15 is 0 Å². The SMILES string of the molecule is Cc1ccc(-c2ccc3c(c2)C(=O)N(c2ccc(N4C(=O)c5ccc(-c6ccc(N)cc6)cc5C4=O)cc2-c2cc(C)cc(C)c2)C3=O)cc1. The highest BCUT2D eigenvalue weighted by atomic mass is 16.2. The summed E-state index contributed by atoms with van der Waals surface area (Å²) in [5.41, 5.74) is 16.2. The van der Waals surface area contributed by atoms with Crippen molar-refractivity contribution in [2.45, 2.75) is 20.8 Å². The van der Waals surface area contributed by atoms with Crippen LogP contribution < -0.4 is 15.5 Å². The molecule has 0 spiro atoms. The van der Waals surface area contributed by atoms with Crippen LogP contribution in [-0.4, -0.2) is 23.6 Å². The van der Waals surface area contributed by atoms with E-state index in [4.69, 9.17) is 5.73 Å². The van der Waals surface area contributed by atoms with Crippen LogP contribution in [0.15, 0.2) is 121 Å². The molecule has 0 fully saturated rings. The molecule has 2 heterocycles. The van der Waals surface area contributed by atoms with Crippen molar-refractivity contribution in [3.05, 3.63) is 160 Å². The Labute approximate surface area is 289 Å². The Morgan fingerprint density at radius 1 is 0.380 bits per heavy atom. The molecule has 2 aliphatic rings. The summed E-state index contributed by atoms with van der Waals surface area (Å²) in [5.74, 6) is -1.77. The Bertz CT molecular complexity index is 2430. The van der Waals surface area contributed by atoms with Crippen LogP contribution in [0.1, 0.15) is 58.1 Å². The molecule has 4 amide bonds. The second kappa shape index (κ2) is 11.5. The van der Waals surface area contributed by atoms with Crippen LogP contribution in [0.4, 0.5) is 17.1 Å². The molecule has 6 aromatic carbocycles. The fraction of sp³-hybridized carbons (Fsp3) is 0.0698. The number of benzene rings is 6. The van der Waals surface area contributed by atoms with E-state index < -0.39 is 23.6 Å². The maximum absolute atomic E-state index is 14.1. The number of carbonyl (C=O) groups excluding carboxylic acids is 4. The molecule has 2 N–H and O–H groups in total. The third-order valence-corrected chi connectivity index (χ3v) is 9.41. The lowest BCUT2D eigenvalue weighted by Crippen LogP contribution is -2.31. The minimum Gasteiger partial charge on any atom is -0.399 e. The van der Waals surface area contributed by atoms with Crippen LogP contribution in [0.5, 0.6) is 0 Å². The second-order valence-electron chi connectivity index (χ2n) is 13.0. The topological polar surface area (TPSA) is 101 Å². The zero-order valence-electron chi connectivity index (χ0n) is 27.7. The first-order chi connectivity index (χ1) is 24.1. The summed E-state index contributed by atoms with van der Waals surface area (Å²) in [6.45, 7) is 5.95. The van der Waals surface area contributed by atoms with Crippen molar-refractivity contribution in [1.82, 2.24) is 0 Å². The summed E-state index contributed by atoms with van der Waals surface area (Å²) in [5, 5.41) is 0. The van der Waals surface area contributed by atoms with Crippen LogP contribution in [0.3, 0.4) is 0 Å². The highest BCUT2D eigenvalue weighted by Gasteiger charge is 2.40. The normalized spacial score (nSPS) is 13.7. The molecular formula is C43H31N3O4. The molecule has 242 valence electrons. The summed E-state index contributed by atoms with van der Waals surface area (Å²) in [6, 6.07) is 36.8. The number of rotatable bonds is 5. The summed E-state index contributed by atoms with van der Waals surface area (Å²) >= 11 is 0. The number of hydrogen-bond acceptors (Lipinski definition) is 5. The molecule has 0 atom stereocenters. The summed E-state index contributed by atoms with van der Waals surface area (Å²) in [4.78, 5) is 58.1. The molecule has 6 aromatic rings. The highest BCUT2D eigenvalue weighted by molar-refractivity contribution is 6.37. The standard InChI is InChI=1S/C43H31N3O4/c1-24-4-6-27(7-5-24)29-11-16-35-38(22-29)43(50)46(41(35)48)39-17-14-33(23-36(39)31-19-25(2)18-26(3)20-31)45-40(47)34-15-10-30(21-37(34)42(45)49)28-8-12-32(44)13-9-28/h4-23H,44H2,1-3H3. The van der Waals surface area contributed by atoms with Gasteiger partial charge in [0.05, 0.1) is 33.6 Å². The van der Waals surface area contributed by atoms with Gasteiger partial charge < -0.3 is 5.73 Å². The molecule has 0 saturated heterocycles. The van der Waals surface area contributed by atoms with E-state index in [0.29, 0.717) is 44.9 Å². The Balaban J connectivity index is 1.21. The van der Waals surface area contributed by atoms with Gasteiger partial charge in [0.15, 0.2) is 0 Å². The van der Waals surface area contributed by atoms with Crippen LogP contribution in [0.2, 0.25) is 0 Å². The van der Waals surface area contributed by atoms with E-state index in [2.05, 4.69) is 0 Å². The maximum Gasteiger partial charge on any atom is 0.266 e. The van der Waals surface area contributed by atoms with E-state index in [1.807, 2.05) is 87.5 Å². The zero-order chi connectivity index (χ0) is 34.8. The van der Waals surface area contributed by atoms with E-state index in [1.54, 1.807) is 54.6 Å². The molecule has 0 radical (unpaired) electrons. The summed E-state index contributed by atoms with van der Waals surface area (Å²) in [6.07, 6.45) is 0. The molecule has 0 bridgehead atoms. The van der Waals surface area contributed by atoms with Gasteiger partial charge in [-0.3, -0.25) is 19.2 Å². The molecule has 50 heavy (non-hydrogen) atoms. The first-order valence-corrected chi connectivity index (χ1v) is 16.3. The van der Waals surface area contributed by atoms with E-state index in [0.717, 1.165) is 49.4 Å². The molecule has 7 nitrogen and oxygen atoms in total. The van der Waals surface area contributed by atoms with Gasteiger partial charge in [-0.25, -0.2) is 9.80 Å². The zero-order valence-corrected chi connectivity index (χ0v) is 27.7. The average molecular weight is 654 g/mol. The Morgan fingerprint density at radius 3 is 1.44 bits per heavy atom. The van der Waals surface area contributed by atoms with Crippen molar-refractivity contribution >= 4 is 40.7 Å². The van der Waals surface area contributed by atoms with Gasteiger partial charge in [0.1, 0.15) is 0 Å². The monoisotopic (exact) mass is 653 g/mol. The lowest BCUT2D eigenvalue weighted by molar-refractivity contribution is 0.0909. The third kappa shape index (κ3) is 4.99. The molecule has 0 saturated carbocycles. The number of hydrogen-bond donors (Lipinski definition) is 1.